The van der Waals surface area contributed by atoms with Crippen LogP contribution in [-0.4, -0.2) is 0 Å². The number of allylic oxidation sites excluding steroid dienone is 17. The van der Waals surface area contributed by atoms with Crippen molar-refractivity contribution < 1.29 is 0 Å². The fourth-order valence-corrected chi connectivity index (χ4v) is 3.28. The monoisotopic (exact) mass is 332 g/mol. The average Bonchev–Trinajstić information content (AvgIpc) is 2.95. The molecule has 0 aromatic carbocycles. The molecule has 0 nitrogen and oxygen atoms in total. The molecule has 0 amide bonds. The molecule has 0 bridgehead atoms. The Morgan fingerprint density at radius 3 is 2.24 bits per heavy atom. The highest BCUT2D eigenvalue weighted by atomic mass is 14.4. The third kappa shape index (κ3) is 4.82. The maximum atomic E-state index is 3.82. The number of hydrogen-bond donors (Lipinski definition) is 0. The van der Waals surface area contributed by atoms with Gasteiger partial charge in [0.2, 0.25) is 0 Å². The fraction of sp³-hybridized carbons (Fsp3) is 0.280. The zero-order valence-electron chi connectivity index (χ0n) is 16.4. The van der Waals surface area contributed by atoms with Crippen LogP contribution in [0.25, 0.3) is 0 Å². The van der Waals surface area contributed by atoms with E-state index >= 15 is 0 Å². The van der Waals surface area contributed by atoms with E-state index in [0.29, 0.717) is 5.92 Å². The van der Waals surface area contributed by atoms with E-state index in [4.69, 9.17) is 0 Å². The molecule has 0 heteroatoms. The van der Waals surface area contributed by atoms with Crippen molar-refractivity contribution in [2.45, 2.75) is 41.0 Å². The van der Waals surface area contributed by atoms with Gasteiger partial charge in [-0.2, -0.15) is 0 Å². The molecule has 0 N–H and O–H groups in total. The molecule has 0 aliphatic heterocycles. The van der Waals surface area contributed by atoms with Gasteiger partial charge in [0, 0.05) is 5.92 Å². The van der Waals surface area contributed by atoms with Gasteiger partial charge in [0.15, 0.2) is 0 Å². The van der Waals surface area contributed by atoms with E-state index in [-0.39, 0.29) is 0 Å². The van der Waals surface area contributed by atoms with Gasteiger partial charge in [-0.3, -0.25) is 0 Å². The minimum atomic E-state index is 0.456. The van der Waals surface area contributed by atoms with Crippen molar-refractivity contribution in [3.8, 4) is 0 Å². The lowest BCUT2D eigenvalue weighted by Crippen LogP contribution is -2.08. The Morgan fingerprint density at radius 1 is 0.920 bits per heavy atom. The van der Waals surface area contributed by atoms with E-state index in [1.165, 1.54) is 27.9 Å². The minimum absolute atomic E-state index is 0.456. The summed E-state index contributed by atoms with van der Waals surface area (Å²) < 4.78 is 0. The Kier molecular flexibility index (Phi) is 9.32. The molecule has 2 aliphatic rings. The molecule has 0 aromatic heterocycles. The summed E-state index contributed by atoms with van der Waals surface area (Å²) in [6.45, 7) is 14.1. The first-order valence-corrected chi connectivity index (χ1v) is 9.31. The van der Waals surface area contributed by atoms with Crippen LogP contribution in [0.15, 0.2) is 107 Å². The lowest BCUT2D eigenvalue weighted by atomic mass is 9.82. The molecule has 1 unspecified atom stereocenters. The molecule has 0 aromatic rings. The molecular formula is C25H32. The molecule has 1 atom stereocenters. The van der Waals surface area contributed by atoms with E-state index in [0.717, 1.165) is 6.42 Å². The van der Waals surface area contributed by atoms with Crippen molar-refractivity contribution in [3.05, 3.63) is 107 Å². The van der Waals surface area contributed by atoms with Gasteiger partial charge in [-0.15, -0.1) is 0 Å². The van der Waals surface area contributed by atoms with Crippen LogP contribution in [0.5, 0.6) is 0 Å². The van der Waals surface area contributed by atoms with Crippen molar-refractivity contribution >= 4 is 0 Å². The van der Waals surface area contributed by atoms with Gasteiger partial charge >= 0.3 is 0 Å². The zero-order chi connectivity index (χ0) is 18.7. The van der Waals surface area contributed by atoms with Crippen LogP contribution in [0.4, 0.5) is 0 Å². The molecule has 2 rings (SSSR count). The second-order valence-electron chi connectivity index (χ2n) is 5.61. The molecule has 0 heterocycles. The molecule has 0 fully saturated rings. The van der Waals surface area contributed by atoms with Crippen molar-refractivity contribution in [2.24, 2.45) is 5.92 Å². The highest BCUT2D eigenvalue weighted by Crippen LogP contribution is 2.47. The zero-order valence-corrected chi connectivity index (χ0v) is 16.4. The van der Waals surface area contributed by atoms with Gasteiger partial charge in [-0.05, 0) is 55.1 Å². The lowest BCUT2D eigenvalue weighted by Gasteiger charge is -2.21. The van der Waals surface area contributed by atoms with Gasteiger partial charge in [0.1, 0.15) is 0 Å². The largest absolute Gasteiger partial charge is 0.0991 e. The van der Waals surface area contributed by atoms with Crippen LogP contribution in [0.2, 0.25) is 0 Å². The smallest absolute Gasteiger partial charge is 0.0142 e. The molecule has 0 radical (unpaired) electrons. The van der Waals surface area contributed by atoms with Gasteiger partial charge in [0.25, 0.3) is 0 Å². The van der Waals surface area contributed by atoms with Crippen LogP contribution in [0, 0.1) is 5.92 Å². The fourth-order valence-electron chi connectivity index (χ4n) is 3.28. The minimum Gasteiger partial charge on any atom is -0.0991 e. The summed E-state index contributed by atoms with van der Waals surface area (Å²) in [5.41, 5.74) is 6.84. The first-order valence-electron chi connectivity index (χ1n) is 9.31. The van der Waals surface area contributed by atoms with Gasteiger partial charge < -0.3 is 0 Å². The van der Waals surface area contributed by atoms with Crippen LogP contribution in [0.1, 0.15) is 41.0 Å². The lowest BCUT2D eigenvalue weighted by molar-refractivity contribution is 0.751. The molecule has 2 aliphatic carbocycles. The Labute approximate surface area is 154 Å². The molecule has 25 heavy (non-hydrogen) atoms. The molecule has 0 saturated carbocycles. The SMILES string of the molecule is C=C\C=C/C1=C2/C(=C\C)C=CCC2C(\C=C/C)=C1/C=C\C=C/C.CC. The van der Waals surface area contributed by atoms with E-state index in [1.54, 1.807) is 0 Å². The van der Waals surface area contributed by atoms with Crippen LogP contribution in [-0.2, 0) is 0 Å². The number of rotatable bonds is 5. The number of hydrogen-bond acceptors (Lipinski definition) is 0. The summed E-state index contributed by atoms with van der Waals surface area (Å²) in [6, 6.07) is 0. The topological polar surface area (TPSA) is 0 Å². The van der Waals surface area contributed by atoms with Crippen molar-refractivity contribution in [1.82, 2.24) is 0 Å². The number of fused-ring (bicyclic) bond motifs is 1. The quantitative estimate of drug-likeness (QED) is 0.455. The predicted molar refractivity (Wildman–Crippen MR) is 115 cm³/mol. The highest BCUT2D eigenvalue weighted by molar-refractivity contribution is 5.69. The summed E-state index contributed by atoms with van der Waals surface area (Å²) in [4.78, 5) is 0. The van der Waals surface area contributed by atoms with Gasteiger partial charge in [-0.1, -0.05) is 93.3 Å². The van der Waals surface area contributed by atoms with Crippen molar-refractivity contribution in [3.63, 3.8) is 0 Å². The van der Waals surface area contributed by atoms with E-state index < -0.39 is 0 Å². The van der Waals surface area contributed by atoms with E-state index in [9.17, 15) is 0 Å². The highest BCUT2D eigenvalue weighted by Gasteiger charge is 2.32. The second-order valence-corrected chi connectivity index (χ2v) is 5.61. The molecular weight excluding hydrogens is 300 g/mol. The first-order chi connectivity index (χ1) is 12.3. The van der Waals surface area contributed by atoms with Crippen molar-refractivity contribution in [1.29, 1.82) is 0 Å². The Morgan fingerprint density at radius 2 is 1.64 bits per heavy atom. The summed E-state index contributed by atoms with van der Waals surface area (Å²) >= 11 is 0. The third-order valence-electron chi connectivity index (χ3n) is 4.22. The second kappa shape index (κ2) is 11.3. The van der Waals surface area contributed by atoms with Crippen LogP contribution >= 0.6 is 0 Å². The summed E-state index contributed by atoms with van der Waals surface area (Å²) in [6.07, 6.45) is 26.8. The predicted octanol–water partition coefficient (Wildman–Crippen LogP) is 7.59. The Balaban J connectivity index is 0.00000151. The van der Waals surface area contributed by atoms with E-state index in [1.807, 2.05) is 32.9 Å². The molecule has 132 valence electrons. The normalized spacial score (nSPS) is 22.0. The molecule has 0 spiro atoms. The van der Waals surface area contributed by atoms with E-state index in [2.05, 4.69) is 81.2 Å². The Bertz CT molecular complexity index is 694. The maximum absolute atomic E-state index is 3.82. The average molecular weight is 333 g/mol. The van der Waals surface area contributed by atoms with Crippen LogP contribution in [0.3, 0.4) is 0 Å². The van der Waals surface area contributed by atoms with Crippen LogP contribution < -0.4 is 0 Å². The van der Waals surface area contributed by atoms with Gasteiger partial charge in [-0.25, -0.2) is 0 Å². The van der Waals surface area contributed by atoms with Crippen molar-refractivity contribution in [2.75, 3.05) is 0 Å². The summed E-state index contributed by atoms with van der Waals surface area (Å²) in [7, 11) is 0. The summed E-state index contributed by atoms with van der Waals surface area (Å²) in [5.74, 6) is 0.456. The third-order valence-corrected chi connectivity index (χ3v) is 4.22. The first kappa shape index (κ1) is 20.7. The van der Waals surface area contributed by atoms with Gasteiger partial charge in [0.05, 0.1) is 0 Å². The summed E-state index contributed by atoms with van der Waals surface area (Å²) in [5, 5.41) is 0. The maximum Gasteiger partial charge on any atom is 0.0142 e. The standard InChI is InChI=1S/C23H26.C2H6/c1-5-9-11-16-20-19(13-7-3)22-17-12-14-18(8-4)23(22)21(20)15-10-6-2;1-2/h5-16,22H,2,17H2,1,3-4H3;1-2H3/b9-5-,13-7-,15-10-,16-11-,18-8-;. The Hall–Kier alpha value is -2.34. The molecule has 0 saturated heterocycles.